The van der Waals surface area contributed by atoms with Crippen molar-refractivity contribution in [2.75, 3.05) is 36.2 Å². The molecule has 3 aromatic rings. The van der Waals surface area contributed by atoms with Crippen LogP contribution >= 0.6 is 0 Å². The molecule has 2 aliphatic rings. The standard InChI is InChI=1S/C19H16FN5O4/c20-13-9-21-19(22-11-1-3-14-16(7-11)27-6-5-26-14)23-18(13)25-24-12-2-4-15-17(8-12)29-10-28-15/h1-4,7-9,24H,5-6,10H2,(H2,21,22,23,25). The highest BCUT2D eigenvalue weighted by Gasteiger charge is 2.15. The van der Waals surface area contributed by atoms with E-state index in [1.54, 1.807) is 36.4 Å². The number of halogens is 1. The summed E-state index contributed by atoms with van der Waals surface area (Å²) in [7, 11) is 0. The average molecular weight is 397 g/mol. The molecule has 0 saturated carbocycles. The number of aromatic nitrogens is 2. The second-order valence-corrected chi connectivity index (χ2v) is 6.19. The van der Waals surface area contributed by atoms with Crippen LogP contribution in [-0.2, 0) is 0 Å². The summed E-state index contributed by atoms with van der Waals surface area (Å²) in [4.78, 5) is 8.14. The van der Waals surface area contributed by atoms with Gasteiger partial charge >= 0.3 is 0 Å². The van der Waals surface area contributed by atoms with Gasteiger partial charge in [-0.3, -0.25) is 10.9 Å². The summed E-state index contributed by atoms with van der Waals surface area (Å²) >= 11 is 0. The van der Waals surface area contributed by atoms with Crippen molar-refractivity contribution in [3.63, 3.8) is 0 Å². The molecule has 29 heavy (non-hydrogen) atoms. The highest BCUT2D eigenvalue weighted by molar-refractivity contribution is 5.62. The van der Waals surface area contributed by atoms with Crippen molar-refractivity contribution in [2.45, 2.75) is 0 Å². The molecule has 1 aromatic heterocycles. The molecular weight excluding hydrogens is 381 g/mol. The summed E-state index contributed by atoms with van der Waals surface area (Å²) < 4.78 is 35.8. The molecule has 0 spiro atoms. The van der Waals surface area contributed by atoms with E-state index >= 15 is 0 Å². The number of rotatable bonds is 5. The smallest absolute Gasteiger partial charge is 0.231 e. The Hall–Kier alpha value is -3.95. The molecular formula is C19H16FN5O4. The Kier molecular flexibility index (Phi) is 4.28. The Morgan fingerprint density at radius 2 is 1.48 bits per heavy atom. The van der Waals surface area contributed by atoms with Crippen molar-refractivity contribution in [3.05, 3.63) is 48.4 Å². The third kappa shape index (κ3) is 3.59. The fourth-order valence-corrected chi connectivity index (χ4v) is 2.87. The van der Waals surface area contributed by atoms with Gasteiger partial charge in [0.15, 0.2) is 34.6 Å². The van der Waals surface area contributed by atoms with Gasteiger partial charge in [-0.1, -0.05) is 0 Å². The SMILES string of the molecule is Fc1cnc(Nc2ccc3c(c2)OCCO3)nc1NNc1ccc2c(c1)OCO2. The van der Waals surface area contributed by atoms with E-state index in [0.717, 1.165) is 6.20 Å². The number of hydrogen-bond acceptors (Lipinski definition) is 9. The first-order valence-corrected chi connectivity index (χ1v) is 8.85. The van der Waals surface area contributed by atoms with Gasteiger partial charge in [0.25, 0.3) is 0 Å². The summed E-state index contributed by atoms with van der Waals surface area (Å²) in [5.41, 5.74) is 6.97. The lowest BCUT2D eigenvalue weighted by Gasteiger charge is -2.19. The van der Waals surface area contributed by atoms with Gasteiger partial charge < -0.3 is 24.3 Å². The molecule has 0 fully saturated rings. The highest BCUT2D eigenvalue weighted by atomic mass is 19.1. The van der Waals surface area contributed by atoms with E-state index in [1.165, 1.54) is 0 Å². The lowest BCUT2D eigenvalue weighted by atomic mass is 10.2. The van der Waals surface area contributed by atoms with E-state index in [0.29, 0.717) is 47.6 Å². The Bertz CT molecular complexity index is 1060. The molecule has 148 valence electrons. The Labute approximate surface area is 164 Å². The zero-order chi connectivity index (χ0) is 19.6. The van der Waals surface area contributed by atoms with Crippen LogP contribution in [0.3, 0.4) is 0 Å². The maximum absolute atomic E-state index is 14.1. The van der Waals surface area contributed by atoms with E-state index < -0.39 is 5.82 Å². The molecule has 0 atom stereocenters. The topological polar surface area (TPSA) is 98.8 Å². The highest BCUT2D eigenvalue weighted by Crippen LogP contribution is 2.35. The second-order valence-electron chi connectivity index (χ2n) is 6.19. The predicted molar refractivity (Wildman–Crippen MR) is 103 cm³/mol. The van der Waals surface area contributed by atoms with Crippen molar-refractivity contribution in [1.29, 1.82) is 0 Å². The quantitative estimate of drug-likeness (QED) is 0.560. The third-order valence-corrected chi connectivity index (χ3v) is 4.24. The van der Waals surface area contributed by atoms with Crippen LogP contribution in [0.4, 0.5) is 27.5 Å². The Morgan fingerprint density at radius 1 is 0.793 bits per heavy atom. The number of fused-ring (bicyclic) bond motifs is 2. The van der Waals surface area contributed by atoms with Gasteiger partial charge in [0.1, 0.15) is 13.2 Å². The number of hydrogen-bond donors (Lipinski definition) is 3. The first-order valence-electron chi connectivity index (χ1n) is 8.85. The Morgan fingerprint density at radius 3 is 2.38 bits per heavy atom. The van der Waals surface area contributed by atoms with E-state index in [9.17, 15) is 4.39 Å². The largest absolute Gasteiger partial charge is 0.486 e. The fourth-order valence-electron chi connectivity index (χ4n) is 2.87. The molecule has 5 rings (SSSR count). The van der Waals surface area contributed by atoms with Crippen LogP contribution in [0, 0.1) is 5.82 Å². The van der Waals surface area contributed by atoms with Crippen LogP contribution in [0.5, 0.6) is 23.0 Å². The van der Waals surface area contributed by atoms with Gasteiger partial charge in [-0.15, -0.1) is 0 Å². The number of nitrogens with zero attached hydrogens (tertiary/aromatic N) is 2. The summed E-state index contributed by atoms with van der Waals surface area (Å²) in [5.74, 6) is 2.18. The average Bonchev–Trinajstić information content (AvgIpc) is 3.22. The number of hydrazine groups is 1. The van der Waals surface area contributed by atoms with E-state index in [1.807, 2.05) is 0 Å². The van der Waals surface area contributed by atoms with Gasteiger partial charge in [-0.2, -0.15) is 4.98 Å². The minimum absolute atomic E-state index is 0.0160. The van der Waals surface area contributed by atoms with Gasteiger partial charge in [0.05, 0.1) is 11.9 Å². The Balaban J connectivity index is 1.30. The molecule has 2 aliphatic heterocycles. The summed E-state index contributed by atoms with van der Waals surface area (Å²) in [5, 5.41) is 3.03. The maximum atomic E-state index is 14.1. The molecule has 3 heterocycles. The summed E-state index contributed by atoms with van der Waals surface area (Å²) in [6, 6.07) is 10.6. The molecule has 3 N–H and O–H groups in total. The van der Waals surface area contributed by atoms with Crippen LogP contribution in [-0.4, -0.2) is 30.0 Å². The number of nitrogens with one attached hydrogen (secondary N) is 3. The summed E-state index contributed by atoms with van der Waals surface area (Å²) in [6.07, 6.45) is 1.08. The monoisotopic (exact) mass is 397 g/mol. The third-order valence-electron chi connectivity index (χ3n) is 4.24. The number of benzene rings is 2. The van der Waals surface area contributed by atoms with Crippen molar-refractivity contribution in [2.24, 2.45) is 0 Å². The molecule has 0 amide bonds. The van der Waals surface area contributed by atoms with Crippen LogP contribution in [0.15, 0.2) is 42.6 Å². The molecule has 0 radical (unpaired) electrons. The van der Waals surface area contributed by atoms with Crippen LogP contribution in [0.1, 0.15) is 0 Å². The van der Waals surface area contributed by atoms with E-state index in [-0.39, 0.29) is 18.6 Å². The minimum atomic E-state index is -0.606. The molecule has 9 nitrogen and oxygen atoms in total. The first-order chi connectivity index (χ1) is 14.2. The molecule has 0 saturated heterocycles. The van der Waals surface area contributed by atoms with E-state index in [2.05, 4.69) is 26.1 Å². The normalized spacial score (nSPS) is 13.7. The molecule has 2 aromatic carbocycles. The van der Waals surface area contributed by atoms with Crippen LogP contribution in [0.25, 0.3) is 0 Å². The van der Waals surface area contributed by atoms with E-state index in [4.69, 9.17) is 18.9 Å². The molecule has 0 unspecified atom stereocenters. The number of ether oxygens (including phenoxy) is 4. The zero-order valence-corrected chi connectivity index (χ0v) is 15.1. The van der Waals surface area contributed by atoms with Gasteiger partial charge in [0.2, 0.25) is 12.7 Å². The zero-order valence-electron chi connectivity index (χ0n) is 15.1. The lowest BCUT2D eigenvalue weighted by molar-refractivity contribution is 0.171. The van der Waals surface area contributed by atoms with Crippen LogP contribution < -0.4 is 35.1 Å². The molecule has 0 aliphatic carbocycles. The fraction of sp³-hybridized carbons (Fsp3) is 0.158. The van der Waals surface area contributed by atoms with Crippen molar-refractivity contribution < 1.29 is 23.3 Å². The molecule has 0 bridgehead atoms. The molecule has 10 heteroatoms. The first kappa shape index (κ1) is 17.2. The summed E-state index contributed by atoms with van der Waals surface area (Å²) in [6.45, 7) is 1.19. The van der Waals surface area contributed by atoms with Gasteiger partial charge in [0, 0.05) is 17.8 Å². The minimum Gasteiger partial charge on any atom is -0.486 e. The second kappa shape index (κ2) is 7.23. The van der Waals surface area contributed by atoms with Crippen molar-refractivity contribution in [3.8, 4) is 23.0 Å². The van der Waals surface area contributed by atoms with Gasteiger partial charge in [-0.05, 0) is 24.3 Å². The maximum Gasteiger partial charge on any atom is 0.231 e. The number of anilines is 4. The van der Waals surface area contributed by atoms with Crippen molar-refractivity contribution >= 4 is 23.1 Å². The van der Waals surface area contributed by atoms with Crippen molar-refractivity contribution in [1.82, 2.24) is 9.97 Å². The van der Waals surface area contributed by atoms with Crippen LogP contribution in [0.2, 0.25) is 0 Å². The lowest BCUT2D eigenvalue weighted by Crippen LogP contribution is -2.15. The van der Waals surface area contributed by atoms with Gasteiger partial charge in [-0.25, -0.2) is 9.37 Å². The predicted octanol–water partition coefficient (Wildman–Crippen LogP) is 3.30.